The Kier molecular flexibility index (Phi) is 7.41. The number of anilines is 1. The first-order valence-corrected chi connectivity index (χ1v) is 7.08. The van der Waals surface area contributed by atoms with Crippen molar-refractivity contribution in [2.75, 3.05) is 18.4 Å². The quantitative estimate of drug-likeness (QED) is 0.628. The van der Waals surface area contributed by atoms with E-state index in [4.69, 9.17) is 4.42 Å². The van der Waals surface area contributed by atoms with Crippen LogP contribution in [0, 0.1) is 0 Å². The maximum absolute atomic E-state index is 5.55. The molecule has 1 heterocycles. The number of rotatable bonds is 10. The average molecular weight is 254 g/mol. The van der Waals surface area contributed by atoms with Gasteiger partial charge in [-0.05, 0) is 26.3 Å². The molecule has 0 aliphatic heterocycles. The van der Waals surface area contributed by atoms with Crippen molar-refractivity contribution in [3.63, 3.8) is 0 Å². The van der Waals surface area contributed by atoms with E-state index in [1.807, 2.05) is 6.92 Å². The third kappa shape index (κ3) is 5.49. The number of hydrogen-bond acceptors (Lipinski definition) is 5. The van der Waals surface area contributed by atoms with Gasteiger partial charge in [0.15, 0.2) is 0 Å². The van der Waals surface area contributed by atoms with Crippen LogP contribution in [0.1, 0.15) is 64.8 Å². The van der Waals surface area contributed by atoms with Crippen LogP contribution in [0.25, 0.3) is 0 Å². The molecule has 5 nitrogen and oxygen atoms in total. The maximum atomic E-state index is 5.55. The predicted octanol–water partition coefficient (Wildman–Crippen LogP) is 3.12. The van der Waals surface area contributed by atoms with Crippen molar-refractivity contribution in [1.82, 2.24) is 15.5 Å². The fourth-order valence-corrected chi connectivity index (χ4v) is 1.68. The summed E-state index contributed by atoms with van der Waals surface area (Å²) in [5.41, 5.74) is 0. The molecule has 2 N–H and O–H groups in total. The van der Waals surface area contributed by atoms with E-state index >= 15 is 0 Å². The SMILES string of the molecule is CCCCCCNc1nnc(C(C)NCCC)o1. The van der Waals surface area contributed by atoms with Gasteiger partial charge in [-0.15, -0.1) is 5.10 Å². The third-order valence-electron chi connectivity index (χ3n) is 2.82. The number of unbranched alkanes of at least 4 members (excludes halogenated alkanes) is 3. The lowest BCUT2D eigenvalue weighted by molar-refractivity contribution is 0.423. The molecule has 0 fully saturated rings. The second-order valence-electron chi connectivity index (χ2n) is 4.61. The van der Waals surface area contributed by atoms with Crippen LogP contribution in [0.2, 0.25) is 0 Å². The van der Waals surface area contributed by atoms with Crippen molar-refractivity contribution >= 4 is 6.01 Å². The summed E-state index contributed by atoms with van der Waals surface area (Å²) >= 11 is 0. The summed E-state index contributed by atoms with van der Waals surface area (Å²) in [6.45, 7) is 8.25. The van der Waals surface area contributed by atoms with Gasteiger partial charge < -0.3 is 15.1 Å². The van der Waals surface area contributed by atoms with E-state index in [1.165, 1.54) is 19.3 Å². The molecule has 0 amide bonds. The lowest BCUT2D eigenvalue weighted by Gasteiger charge is -2.07. The number of nitrogens with zero attached hydrogens (tertiary/aromatic N) is 2. The minimum Gasteiger partial charge on any atom is -0.406 e. The highest BCUT2D eigenvalue weighted by Gasteiger charge is 2.12. The van der Waals surface area contributed by atoms with Crippen molar-refractivity contribution in [2.24, 2.45) is 0 Å². The Morgan fingerprint density at radius 1 is 1.06 bits per heavy atom. The summed E-state index contributed by atoms with van der Waals surface area (Å²) in [6.07, 6.45) is 6.04. The van der Waals surface area contributed by atoms with Crippen molar-refractivity contribution < 1.29 is 4.42 Å². The molecule has 104 valence electrons. The Morgan fingerprint density at radius 3 is 2.61 bits per heavy atom. The Labute approximate surface area is 110 Å². The van der Waals surface area contributed by atoms with Crippen molar-refractivity contribution in [2.45, 2.75) is 58.9 Å². The molecule has 1 rings (SSSR count). The van der Waals surface area contributed by atoms with Gasteiger partial charge in [-0.1, -0.05) is 38.2 Å². The summed E-state index contributed by atoms with van der Waals surface area (Å²) < 4.78 is 5.55. The fourth-order valence-electron chi connectivity index (χ4n) is 1.68. The van der Waals surface area contributed by atoms with E-state index < -0.39 is 0 Å². The van der Waals surface area contributed by atoms with Crippen molar-refractivity contribution in [1.29, 1.82) is 0 Å². The van der Waals surface area contributed by atoms with Gasteiger partial charge in [0, 0.05) is 6.54 Å². The molecule has 1 aromatic heterocycles. The third-order valence-corrected chi connectivity index (χ3v) is 2.82. The van der Waals surface area contributed by atoms with Crippen LogP contribution >= 0.6 is 0 Å². The molecule has 0 spiro atoms. The van der Waals surface area contributed by atoms with Gasteiger partial charge in [0.05, 0.1) is 6.04 Å². The monoisotopic (exact) mass is 254 g/mol. The normalized spacial score (nSPS) is 12.6. The van der Waals surface area contributed by atoms with E-state index in [0.29, 0.717) is 11.9 Å². The van der Waals surface area contributed by atoms with Crippen LogP contribution in [-0.4, -0.2) is 23.3 Å². The van der Waals surface area contributed by atoms with Gasteiger partial charge in [0.1, 0.15) is 0 Å². The summed E-state index contributed by atoms with van der Waals surface area (Å²) in [5.74, 6) is 0.652. The lowest BCUT2D eigenvalue weighted by atomic mass is 10.2. The molecule has 0 bridgehead atoms. The van der Waals surface area contributed by atoms with Crippen LogP contribution in [-0.2, 0) is 0 Å². The van der Waals surface area contributed by atoms with E-state index in [-0.39, 0.29) is 6.04 Å². The minimum atomic E-state index is 0.119. The van der Waals surface area contributed by atoms with Gasteiger partial charge in [0.2, 0.25) is 5.89 Å². The zero-order valence-electron chi connectivity index (χ0n) is 11.8. The first kappa shape index (κ1) is 15.0. The number of nitrogens with one attached hydrogen (secondary N) is 2. The second kappa shape index (κ2) is 8.91. The second-order valence-corrected chi connectivity index (χ2v) is 4.61. The summed E-state index contributed by atoms with van der Waals surface area (Å²) in [4.78, 5) is 0. The summed E-state index contributed by atoms with van der Waals surface area (Å²) in [7, 11) is 0. The van der Waals surface area contributed by atoms with E-state index in [9.17, 15) is 0 Å². The van der Waals surface area contributed by atoms with E-state index in [1.54, 1.807) is 0 Å². The predicted molar refractivity (Wildman–Crippen MR) is 73.6 cm³/mol. The zero-order chi connectivity index (χ0) is 13.2. The molecule has 1 unspecified atom stereocenters. The minimum absolute atomic E-state index is 0.119. The number of aromatic nitrogens is 2. The van der Waals surface area contributed by atoms with Crippen LogP contribution in [0.4, 0.5) is 6.01 Å². The molecule has 1 aromatic rings. The number of hydrogen-bond donors (Lipinski definition) is 2. The molecule has 5 heteroatoms. The average Bonchev–Trinajstić information content (AvgIpc) is 2.84. The highest BCUT2D eigenvalue weighted by Crippen LogP contribution is 2.13. The first-order valence-electron chi connectivity index (χ1n) is 7.08. The molecule has 1 atom stereocenters. The molecular formula is C13H26N4O. The van der Waals surface area contributed by atoms with Gasteiger partial charge in [-0.2, -0.15) is 0 Å². The van der Waals surface area contributed by atoms with Gasteiger partial charge in [-0.3, -0.25) is 0 Å². The van der Waals surface area contributed by atoms with Gasteiger partial charge in [-0.25, -0.2) is 0 Å². The molecule has 0 aromatic carbocycles. The smallest absolute Gasteiger partial charge is 0.315 e. The van der Waals surface area contributed by atoms with Crippen molar-refractivity contribution in [3.05, 3.63) is 5.89 Å². The molecule has 0 saturated heterocycles. The van der Waals surface area contributed by atoms with Crippen LogP contribution in [0.3, 0.4) is 0 Å². The van der Waals surface area contributed by atoms with Crippen LogP contribution in [0.5, 0.6) is 0 Å². The molecule has 18 heavy (non-hydrogen) atoms. The van der Waals surface area contributed by atoms with Gasteiger partial charge >= 0.3 is 6.01 Å². The Balaban J connectivity index is 2.25. The molecule has 0 aliphatic carbocycles. The van der Waals surface area contributed by atoms with E-state index in [2.05, 4.69) is 34.7 Å². The molecule has 0 aliphatic rings. The molecule has 0 radical (unpaired) electrons. The lowest BCUT2D eigenvalue weighted by Crippen LogP contribution is -2.19. The fraction of sp³-hybridized carbons (Fsp3) is 0.846. The summed E-state index contributed by atoms with van der Waals surface area (Å²) in [5, 5.41) is 14.5. The zero-order valence-corrected chi connectivity index (χ0v) is 11.8. The Bertz CT molecular complexity index is 314. The molecular weight excluding hydrogens is 228 g/mol. The highest BCUT2D eigenvalue weighted by atomic mass is 16.4. The van der Waals surface area contributed by atoms with Gasteiger partial charge in [0.25, 0.3) is 0 Å². The Morgan fingerprint density at radius 2 is 1.89 bits per heavy atom. The Hall–Kier alpha value is -1.10. The maximum Gasteiger partial charge on any atom is 0.315 e. The molecule has 0 saturated carbocycles. The van der Waals surface area contributed by atoms with E-state index in [0.717, 1.165) is 25.9 Å². The van der Waals surface area contributed by atoms with Crippen LogP contribution in [0.15, 0.2) is 4.42 Å². The first-order chi connectivity index (χ1) is 8.77. The van der Waals surface area contributed by atoms with Crippen LogP contribution < -0.4 is 10.6 Å². The largest absolute Gasteiger partial charge is 0.406 e. The summed E-state index contributed by atoms with van der Waals surface area (Å²) in [6, 6.07) is 0.653. The highest BCUT2D eigenvalue weighted by molar-refractivity contribution is 5.16. The standard InChI is InChI=1S/C13H26N4O/c1-4-6-7-8-10-15-13-17-16-12(18-13)11(3)14-9-5-2/h11,14H,4-10H2,1-3H3,(H,15,17). The van der Waals surface area contributed by atoms with Crippen molar-refractivity contribution in [3.8, 4) is 0 Å². The topological polar surface area (TPSA) is 63.0 Å².